The van der Waals surface area contributed by atoms with Crippen LogP contribution in [0.5, 0.6) is 0 Å². The highest BCUT2D eigenvalue weighted by atomic mass is 35.5. The molecular weight excluding hydrogens is 257 g/mol. The third-order valence-electron chi connectivity index (χ3n) is 3.11. The molecule has 0 bridgehead atoms. The molecule has 1 aliphatic rings. The van der Waals surface area contributed by atoms with Gasteiger partial charge in [-0.1, -0.05) is 11.6 Å². The van der Waals surface area contributed by atoms with Gasteiger partial charge in [-0.2, -0.15) is 0 Å². The second-order valence-electron chi connectivity index (χ2n) is 4.32. The molecule has 1 aromatic rings. The summed E-state index contributed by atoms with van der Waals surface area (Å²) in [5.41, 5.74) is 0.783. The SMILES string of the molecule is CNC(Cc1cc(F)ccc1Cl)C1COCCO1. The van der Waals surface area contributed by atoms with Crippen LogP contribution in [0.2, 0.25) is 5.02 Å². The van der Waals surface area contributed by atoms with E-state index >= 15 is 0 Å². The lowest BCUT2D eigenvalue weighted by Gasteiger charge is -2.30. The van der Waals surface area contributed by atoms with Crippen molar-refractivity contribution in [1.29, 1.82) is 0 Å². The van der Waals surface area contributed by atoms with Crippen molar-refractivity contribution >= 4 is 11.6 Å². The van der Waals surface area contributed by atoms with Gasteiger partial charge in [-0.3, -0.25) is 0 Å². The Morgan fingerprint density at radius 2 is 2.33 bits per heavy atom. The van der Waals surface area contributed by atoms with Crippen LogP contribution in [-0.4, -0.2) is 39.0 Å². The van der Waals surface area contributed by atoms with Gasteiger partial charge in [0.25, 0.3) is 0 Å². The molecule has 0 aliphatic carbocycles. The number of rotatable bonds is 4. The molecule has 100 valence electrons. The smallest absolute Gasteiger partial charge is 0.123 e. The Balaban J connectivity index is 2.06. The third kappa shape index (κ3) is 3.42. The van der Waals surface area contributed by atoms with E-state index in [2.05, 4.69) is 5.32 Å². The Labute approximate surface area is 111 Å². The van der Waals surface area contributed by atoms with E-state index in [0.717, 1.165) is 5.56 Å². The van der Waals surface area contributed by atoms with E-state index in [1.807, 2.05) is 7.05 Å². The lowest BCUT2D eigenvalue weighted by Crippen LogP contribution is -2.46. The van der Waals surface area contributed by atoms with Crippen molar-refractivity contribution in [2.75, 3.05) is 26.9 Å². The minimum Gasteiger partial charge on any atom is -0.376 e. The zero-order chi connectivity index (χ0) is 13.0. The van der Waals surface area contributed by atoms with Crippen molar-refractivity contribution in [3.63, 3.8) is 0 Å². The van der Waals surface area contributed by atoms with Gasteiger partial charge >= 0.3 is 0 Å². The van der Waals surface area contributed by atoms with Crippen molar-refractivity contribution in [1.82, 2.24) is 5.32 Å². The van der Waals surface area contributed by atoms with Gasteiger partial charge in [0.05, 0.1) is 25.9 Å². The monoisotopic (exact) mass is 273 g/mol. The maximum atomic E-state index is 13.2. The number of benzene rings is 1. The van der Waals surface area contributed by atoms with E-state index in [4.69, 9.17) is 21.1 Å². The molecule has 0 spiro atoms. The maximum Gasteiger partial charge on any atom is 0.123 e. The lowest BCUT2D eigenvalue weighted by molar-refractivity contribution is -0.100. The fourth-order valence-corrected chi connectivity index (χ4v) is 2.29. The second-order valence-corrected chi connectivity index (χ2v) is 4.73. The molecule has 1 aromatic carbocycles. The fourth-order valence-electron chi connectivity index (χ4n) is 2.09. The van der Waals surface area contributed by atoms with Crippen LogP contribution in [0.15, 0.2) is 18.2 Å². The highest BCUT2D eigenvalue weighted by Gasteiger charge is 2.24. The number of hydrogen-bond donors (Lipinski definition) is 1. The molecule has 18 heavy (non-hydrogen) atoms. The first kappa shape index (κ1) is 13.7. The van der Waals surface area contributed by atoms with E-state index in [-0.39, 0.29) is 18.0 Å². The van der Waals surface area contributed by atoms with E-state index in [9.17, 15) is 4.39 Å². The van der Waals surface area contributed by atoms with Crippen LogP contribution in [0, 0.1) is 5.82 Å². The molecule has 1 fully saturated rings. The Morgan fingerprint density at radius 1 is 1.50 bits per heavy atom. The Kier molecular flexibility index (Phi) is 4.95. The molecule has 1 N–H and O–H groups in total. The number of ether oxygens (including phenoxy) is 2. The Hall–Kier alpha value is -0.680. The zero-order valence-electron chi connectivity index (χ0n) is 10.3. The minimum atomic E-state index is -0.273. The molecule has 0 saturated carbocycles. The summed E-state index contributed by atoms with van der Waals surface area (Å²) in [6, 6.07) is 4.47. The summed E-state index contributed by atoms with van der Waals surface area (Å²) in [5, 5.41) is 3.76. The highest BCUT2D eigenvalue weighted by molar-refractivity contribution is 6.31. The second kappa shape index (κ2) is 6.48. The quantitative estimate of drug-likeness (QED) is 0.911. The average Bonchev–Trinajstić information content (AvgIpc) is 2.41. The van der Waals surface area contributed by atoms with E-state index in [1.165, 1.54) is 12.1 Å². The third-order valence-corrected chi connectivity index (χ3v) is 3.48. The summed E-state index contributed by atoms with van der Waals surface area (Å²) in [4.78, 5) is 0. The first-order valence-corrected chi connectivity index (χ1v) is 6.39. The van der Waals surface area contributed by atoms with Crippen molar-refractivity contribution in [2.24, 2.45) is 0 Å². The molecule has 3 nitrogen and oxygen atoms in total. The molecular formula is C13H17ClFNO2. The molecule has 2 rings (SSSR count). The van der Waals surface area contributed by atoms with Crippen LogP contribution in [0.4, 0.5) is 4.39 Å². The molecule has 1 aliphatic heterocycles. The van der Waals surface area contributed by atoms with Crippen molar-refractivity contribution in [3.8, 4) is 0 Å². The standard InChI is InChI=1S/C13H17ClFNO2/c1-16-12(13-8-17-4-5-18-13)7-9-6-10(15)2-3-11(9)14/h2-3,6,12-13,16H,4-5,7-8H2,1H3. The first-order valence-electron chi connectivity index (χ1n) is 6.01. The van der Waals surface area contributed by atoms with E-state index in [1.54, 1.807) is 6.07 Å². The van der Waals surface area contributed by atoms with Crippen LogP contribution in [0.3, 0.4) is 0 Å². The minimum absolute atomic E-state index is 0.0249. The Morgan fingerprint density at radius 3 is 3.00 bits per heavy atom. The van der Waals surface area contributed by atoms with Crippen LogP contribution in [0.1, 0.15) is 5.56 Å². The molecule has 0 amide bonds. The molecule has 0 aromatic heterocycles. The van der Waals surface area contributed by atoms with Crippen LogP contribution < -0.4 is 5.32 Å². The van der Waals surface area contributed by atoms with Crippen molar-refractivity contribution in [2.45, 2.75) is 18.6 Å². The summed E-state index contributed by atoms with van der Waals surface area (Å²) in [6.07, 6.45) is 0.587. The van der Waals surface area contributed by atoms with Gasteiger partial charge in [-0.15, -0.1) is 0 Å². The number of nitrogens with one attached hydrogen (secondary N) is 1. The van der Waals surface area contributed by atoms with Gasteiger partial charge in [-0.05, 0) is 37.2 Å². The molecule has 5 heteroatoms. The lowest BCUT2D eigenvalue weighted by atomic mass is 10.0. The van der Waals surface area contributed by atoms with Gasteiger partial charge in [0.15, 0.2) is 0 Å². The Bertz CT molecular complexity index is 397. The molecule has 0 radical (unpaired) electrons. The van der Waals surface area contributed by atoms with Crippen molar-refractivity contribution in [3.05, 3.63) is 34.6 Å². The molecule has 2 unspecified atom stereocenters. The highest BCUT2D eigenvalue weighted by Crippen LogP contribution is 2.20. The molecule has 1 heterocycles. The number of halogens is 2. The van der Waals surface area contributed by atoms with E-state index < -0.39 is 0 Å². The predicted octanol–water partition coefficient (Wildman–Crippen LogP) is 2.02. The van der Waals surface area contributed by atoms with Crippen LogP contribution >= 0.6 is 11.6 Å². The number of likely N-dealkylation sites (N-methyl/N-ethyl adjacent to an activating group) is 1. The molecule has 2 atom stereocenters. The summed E-state index contributed by atoms with van der Waals surface area (Å²) >= 11 is 6.07. The van der Waals surface area contributed by atoms with Gasteiger partial charge in [0.2, 0.25) is 0 Å². The fraction of sp³-hybridized carbons (Fsp3) is 0.538. The average molecular weight is 274 g/mol. The summed E-state index contributed by atoms with van der Waals surface area (Å²) in [7, 11) is 1.86. The zero-order valence-corrected chi connectivity index (χ0v) is 11.0. The van der Waals surface area contributed by atoms with E-state index in [0.29, 0.717) is 31.3 Å². The first-order chi connectivity index (χ1) is 8.70. The normalized spacial score (nSPS) is 21.8. The number of hydrogen-bond acceptors (Lipinski definition) is 3. The van der Waals surface area contributed by atoms with Gasteiger partial charge in [0, 0.05) is 11.1 Å². The van der Waals surface area contributed by atoms with Crippen molar-refractivity contribution < 1.29 is 13.9 Å². The predicted molar refractivity (Wildman–Crippen MR) is 68.5 cm³/mol. The molecule has 1 saturated heterocycles. The topological polar surface area (TPSA) is 30.5 Å². The summed E-state index contributed by atoms with van der Waals surface area (Å²) in [6.45, 7) is 1.78. The maximum absolute atomic E-state index is 13.2. The van der Waals surface area contributed by atoms with Gasteiger partial charge in [-0.25, -0.2) is 4.39 Å². The van der Waals surface area contributed by atoms with Gasteiger partial charge < -0.3 is 14.8 Å². The largest absolute Gasteiger partial charge is 0.376 e. The van der Waals surface area contributed by atoms with Crippen LogP contribution in [-0.2, 0) is 15.9 Å². The summed E-state index contributed by atoms with van der Waals surface area (Å²) < 4.78 is 24.2. The summed E-state index contributed by atoms with van der Waals surface area (Å²) in [5.74, 6) is -0.273. The van der Waals surface area contributed by atoms with Gasteiger partial charge in [0.1, 0.15) is 5.82 Å². The van der Waals surface area contributed by atoms with Crippen LogP contribution in [0.25, 0.3) is 0 Å².